The quantitative estimate of drug-likeness (QED) is 0.856. The highest BCUT2D eigenvalue weighted by Crippen LogP contribution is 2.29. The van der Waals surface area contributed by atoms with Gasteiger partial charge in [-0.15, -0.1) is 0 Å². The first-order valence-corrected chi connectivity index (χ1v) is 8.05. The number of aryl methyl sites for hydroxylation is 1. The molecule has 1 aliphatic heterocycles. The van der Waals surface area contributed by atoms with Crippen molar-refractivity contribution in [1.29, 1.82) is 0 Å². The van der Waals surface area contributed by atoms with Crippen molar-refractivity contribution in [2.45, 2.75) is 40.0 Å². The van der Waals surface area contributed by atoms with Gasteiger partial charge in [0, 0.05) is 24.3 Å². The molecule has 1 heterocycles. The molecule has 0 saturated carbocycles. The van der Waals surface area contributed by atoms with Gasteiger partial charge in [0.05, 0.1) is 0 Å². The van der Waals surface area contributed by atoms with Crippen molar-refractivity contribution >= 4 is 22.9 Å². The molecule has 0 aliphatic carbocycles. The van der Waals surface area contributed by atoms with Crippen molar-refractivity contribution in [3.63, 3.8) is 0 Å². The normalized spacial score (nSPS) is 20.0. The third-order valence-corrected chi connectivity index (χ3v) is 4.69. The molecule has 0 radical (unpaired) electrons. The van der Waals surface area contributed by atoms with Crippen molar-refractivity contribution < 1.29 is 0 Å². The van der Waals surface area contributed by atoms with Crippen LogP contribution >= 0.6 is 12.2 Å². The van der Waals surface area contributed by atoms with Crippen LogP contribution in [0.2, 0.25) is 0 Å². The van der Waals surface area contributed by atoms with Gasteiger partial charge in [0.1, 0.15) is 4.99 Å². The number of rotatable bonds is 3. The van der Waals surface area contributed by atoms with Gasteiger partial charge in [-0.1, -0.05) is 32.1 Å². The van der Waals surface area contributed by atoms with Crippen LogP contribution in [0.15, 0.2) is 18.2 Å². The Morgan fingerprint density at radius 3 is 2.70 bits per heavy atom. The molecule has 0 spiro atoms. The number of benzene rings is 1. The molecule has 110 valence electrons. The summed E-state index contributed by atoms with van der Waals surface area (Å²) in [6.45, 7) is 9.03. The molecule has 1 fully saturated rings. The van der Waals surface area contributed by atoms with E-state index in [1.165, 1.54) is 30.5 Å². The van der Waals surface area contributed by atoms with Gasteiger partial charge in [-0.2, -0.15) is 0 Å². The number of thiocarbonyl (C=S) groups is 1. The Bertz CT molecular complexity index is 482. The SMILES string of the molecule is Cc1ccc(C(N)=S)c(N2CCCC(C(C)C)CC2)c1. The van der Waals surface area contributed by atoms with E-state index in [1.807, 2.05) is 0 Å². The highest BCUT2D eigenvalue weighted by molar-refractivity contribution is 7.80. The highest BCUT2D eigenvalue weighted by Gasteiger charge is 2.21. The Labute approximate surface area is 128 Å². The van der Waals surface area contributed by atoms with Gasteiger partial charge in [-0.3, -0.25) is 0 Å². The fourth-order valence-corrected chi connectivity index (χ4v) is 3.31. The minimum Gasteiger partial charge on any atom is -0.389 e. The van der Waals surface area contributed by atoms with E-state index in [1.54, 1.807) is 0 Å². The summed E-state index contributed by atoms with van der Waals surface area (Å²) in [5.41, 5.74) is 9.40. The van der Waals surface area contributed by atoms with Crippen LogP contribution in [-0.4, -0.2) is 18.1 Å². The Kier molecular flexibility index (Phi) is 5.03. The van der Waals surface area contributed by atoms with Crippen LogP contribution in [0.3, 0.4) is 0 Å². The second-order valence-electron chi connectivity index (χ2n) is 6.31. The maximum Gasteiger partial charge on any atom is 0.106 e. The van der Waals surface area contributed by atoms with E-state index < -0.39 is 0 Å². The molecular formula is C17H26N2S. The second kappa shape index (κ2) is 6.57. The molecule has 1 saturated heterocycles. The molecule has 1 aromatic rings. The molecule has 0 aromatic heterocycles. The van der Waals surface area contributed by atoms with Gasteiger partial charge in [0.2, 0.25) is 0 Å². The highest BCUT2D eigenvalue weighted by atomic mass is 32.1. The zero-order valence-electron chi connectivity index (χ0n) is 12.9. The number of nitrogens with two attached hydrogens (primary N) is 1. The fourth-order valence-electron chi connectivity index (χ4n) is 3.14. The lowest BCUT2D eigenvalue weighted by molar-refractivity contribution is 0.351. The molecule has 1 aromatic carbocycles. The number of hydrogen-bond acceptors (Lipinski definition) is 2. The second-order valence-corrected chi connectivity index (χ2v) is 6.75. The third-order valence-electron chi connectivity index (χ3n) is 4.47. The molecule has 1 aliphatic rings. The minimum atomic E-state index is 0.504. The molecule has 0 amide bonds. The summed E-state index contributed by atoms with van der Waals surface area (Å²) in [5, 5.41) is 0. The van der Waals surface area contributed by atoms with Crippen molar-refractivity contribution in [2.24, 2.45) is 17.6 Å². The van der Waals surface area contributed by atoms with Crippen molar-refractivity contribution in [3.8, 4) is 0 Å². The maximum atomic E-state index is 5.89. The van der Waals surface area contributed by atoms with E-state index in [0.717, 1.165) is 30.5 Å². The standard InChI is InChI=1S/C17H26N2S/c1-12(2)14-5-4-9-19(10-8-14)16-11-13(3)6-7-15(16)17(18)20/h6-7,11-12,14H,4-5,8-10H2,1-3H3,(H2,18,20). The van der Waals surface area contributed by atoms with Gasteiger partial charge in [0.25, 0.3) is 0 Å². The van der Waals surface area contributed by atoms with Crippen LogP contribution in [0, 0.1) is 18.8 Å². The summed E-state index contributed by atoms with van der Waals surface area (Å²) < 4.78 is 0. The van der Waals surface area contributed by atoms with Crippen molar-refractivity contribution in [1.82, 2.24) is 0 Å². The van der Waals surface area contributed by atoms with E-state index in [2.05, 4.69) is 43.9 Å². The Balaban J connectivity index is 2.23. The van der Waals surface area contributed by atoms with Crippen LogP contribution in [-0.2, 0) is 0 Å². The van der Waals surface area contributed by atoms with Gasteiger partial charge in [-0.25, -0.2) is 0 Å². The summed E-state index contributed by atoms with van der Waals surface area (Å²) in [7, 11) is 0. The summed E-state index contributed by atoms with van der Waals surface area (Å²) in [6, 6.07) is 6.38. The zero-order valence-corrected chi connectivity index (χ0v) is 13.7. The van der Waals surface area contributed by atoms with Gasteiger partial charge in [0.15, 0.2) is 0 Å². The Morgan fingerprint density at radius 1 is 1.30 bits per heavy atom. The predicted molar refractivity (Wildman–Crippen MR) is 91.5 cm³/mol. The monoisotopic (exact) mass is 290 g/mol. The number of nitrogens with zero attached hydrogens (tertiary/aromatic N) is 1. The minimum absolute atomic E-state index is 0.504. The lowest BCUT2D eigenvalue weighted by Crippen LogP contribution is -2.27. The molecule has 1 atom stereocenters. The first-order chi connectivity index (χ1) is 9.49. The average molecular weight is 290 g/mol. The fraction of sp³-hybridized carbons (Fsp3) is 0.588. The van der Waals surface area contributed by atoms with Crippen molar-refractivity contribution in [2.75, 3.05) is 18.0 Å². The summed E-state index contributed by atoms with van der Waals surface area (Å²) >= 11 is 5.21. The lowest BCUT2D eigenvalue weighted by atomic mass is 9.89. The van der Waals surface area contributed by atoms with Crippen LogP contribution in [0.4, 0.5) is 5.69 Å². The first-order valence-electron chi connectivity index (χ1n) is 7.64. The topological polar surface area (TPSA) is 29.3 Å². The number of anilines is 1. The largest absolute Gasteiger partial charge is 0.389 e. The van der Waals surface area contributed by atoms with Crippen molar-refractivity contribution in [3.05, 3.63) is 29.3 Å². The first kappa shape index (κ1) is 15.3. The molecular weight excluding hydrogens is 264 g/mol. The maximum absolute atomic E-state index is 5.89. The summed E-state index contributed by atoms with van der Waals surface area (Å²) in [5.74, 6) is 1.63. The lowest BCUT2D eigenvalue weighted by Gasteiger charge is -2.26. The van der Waals surface area contributed by atoms with E-state index in [9.17, 15) is 0 Å². The molecule has 0 bridgehead atoms. The summed E-state index contributed by atoms with van der Waals surface area (Å²) in [4.78, 5) is 2.98. The van der Waals surface area contributed by atoms with Crippen LogP contribution in [0.1, 0.15) is 44.2 Å². The van der Waals surface area contributed by atoms with Gasteiger partial charge >= 0.3 is 0 Å². The molecule has 2 rings (SSSR count). The zero-order chi connectivity index (χ0) is 14.7. The molecule has 20 heavy (non-hydrogen) atoms. The van der Waals surface area contributed by atoms with E-state index in [4.69, 9.17) is 18.0 Å². The molecule has 3 heteroatoms. The molecule has 2 N–H and O–H groups in total. The average Bonchev–Trinajstić information content (AvgIpc) is 2.63. The Morgan fingerprint density at radius 2 is 2.05 bits per heavy atom. The van der Waals surface area contributed by atoms with E-state index in [0.29, 0.717) is 4.99 Å². The predicted octanol–water partition coefficient (Wildman–Crippen LogP) is 3.89. The van der Waals surface area contributed by atoms with Crippen LogP contribution in [0.25, 0.3) is 0 Å². The Hall–Kier alpha value is -1.09. The van der Waals surface area contributed by atoms with Gasteiger partial charge in [-0.05, 0) is 55.7 Å². The van der Waals surface area contributed by atoms with Gasteiger partial charge < -0.3 is 10.6 Å². The summed E-state index contributed by atoms with van der Waals surface area (Å²) in [6.07, 6.45) is 3.86. The van der Waals surface area contributed by atoms with E-state index >= 15 is 0 Å². The third kappa shape index (κ3) is 3.51. The number of hydrogen-bond donors (Lipinski definition) is 1. The van der Waals surface area contributed by atoms with Crippen LogP contribution < -0.4 is 10.6 Å². The van der Waals surface area contributed by atoms with E-state index in [-0.39, 0.29) is 0 Å². The molecule has 2 nitrogen and oxygen atoms in total. The smallest absolute Gasteiger partial charge is 0.106 e. The van der Waals surface area contributed by atoms with Crippen LogP contribution in [0.5, 0.6) is 0 Å². The molecule has 1 unspecified atom stereocenters.